The van der Waals surface area contributed by atoms with Crippen molar-refractivity contribution in [3.05, 3.63) is 0 Å². The molecule has 0 unspecified atom stereocenters. The summed E-state index contributed by atoms with van der Waals surface area (Å²) in [7, 11) is 1.33. The first-order valence-corrected chi connectivity index (χ1v) is 12.4. The third kappa shape index (κ3) is 28.2. The molecule has 15 heteroatoms. The number of aliphatic carboxylic acids is 1. The summed E-state index contributed by atoms with van der Waals surface area (Å²) in [5.74, 6) is -1.73. The minimum absolute atomic E-state index is 0.000367. The van der Waals surface area contributed by atoms with Crippen LogP contribution in [-0.2, 0) is 52.3 Å². The van der Waals surface area contributed by atoms with Crippen molar-refractivity contribution < 1.29 is 57.4 Å². The van der Waals surface area contributed by atoms with E-state index in [1.807, 2.05) is 0 Å². The highest BCUT2D eigenvalue weighted by molar-refractivity contribution is 5.81. The number of esters is 1. The number of carbonyl (C=O) groups excluding carboxylic acids is 3. The maximum atomic E-state index is 11.7. The van der Waals surface area contributed by atoms with Crippen LogP contribution >= 0.6 is 0 Å². The zero-order chi connectivity index (χ0) is 28.1. The van der Waals surface area contributed by atoms with Crippen LogP contribution in [0.3, 0.4) is 0 Å². The van der Waals surface area contributed by atoms with Crippen LogP contribution in [-0.4, -0.2) is 141 Å². The summed E-state index contributed by atoms with van der Waals surface area (Å²) in [6, 6.07) is 0. The first-order valence-electron chi connectivity index (χ1n) is 12.4. The van der Waals surface area contributed by atoms with Gasteiger partial charge >= 0.3 is 11.9 Å². The van der Waals surface area contributed by atoms with Gasteiger partial charge in [0.1, 0.15) is 0 Å². The van der Waals surface area contributed by atoms with Crippen molar-refractivity contribution in [3.63, 3.8) is 0 Å². The Morgan fingerprint density at radius 3 is 1.32 bits per heavy atom. The van der Waals surface area contributed by atoms with Gasteiger partial charge in [0.15, 0.2) is 0 Å². The van der Waals surface area contributed by atoms with E-state index in [0.29, 0.717) is 79.2 Å². The molecule has 0 bridgehead atoms. The Balaban J connectivity index is 3.32. The molecule has 0 aliphatic heterocycles. The smallest absolute Gasteiger partial charge is 0.307 e. The van der Waals surface area contributed by atoms with Gasteiger partial charge in [-0.3, -0.25) is 24.5 Å². The molecule has 0 aliphatic rings. The van der Waals surface area contributed by atoms with Gasteiger partial charge in [0.2, 0.25) is 11.8 Å². The van der Waals surface area contributed by atoms with Gasteiger partial charge in [-0.2, -0.15) is 0 Å². The molecule has 222 valence electrons. The zero-order valence-electron chi connectivity index (χ0n) is 22.2. The topological polar surface area (TPSA) is 189 Å². The van der Waals surface area contributed by atoms with Crippen LogP contribution < -0.4 is 16.0 Å². The number of amides is 2. The Morgan fingerprint density at radius 1 is 0.553 bits per heavy atom. The summed E-state index contributed by atoms with van der Waals surface area (Å²) in [4.78, 5) is 44.7. The molecule has 0 saturated heterocycles. The van der Waals surface area contributed by atoms with Crippen molar-refractivity contribution in [1.82, 2.24) is 16.0 Å². The summed E-state index contributed by atoms with van der Waals surface area (Å²) in [5, 5.41) is 16.5. The van der Waals surface area contributed by atoms with E-state index < -0.39 is 5.97 Å². The van der Waals surface area contributed by atoms with Gasteiger partial charge in [-0.15, -0.1) is 0 Å². The van der Waals surface area contributed by atoms with Gasteiger partial charge in [-0.05, 0) is 0 Å². The SMILES string of the molecule is COC(=O)CCOCCOCCOCCNC(=O)CNCC(=O)NCCOCCOCCOCCC(=O)O. The second-order valence-electron chi connectivity index (χ2n) is 7.45. The Hall–Kier alpha value is -2.40. The molecule has 0 aromatic carbocycles. The summed E-state index contributed by atoms with van der Waals surface area (Å²) in [6.45, 7) is 4.66. The van der Waals surface area contributed by atoms with E-state index in [4.69, 9.17) is 33.5 Å². The van der Waals surface area contributed by atoms with Crippen LogP contribution in [0.2, 0.25) is 0 Å². The average molecular weight is 554 g/mol. The largest absolute Gasteiger partial charge is 0.481 e. The molecule has 0 heterocycles. The molecule has 2 amide bonds. The molecule has 15 nitrogen and oxygen atoms in total. The molecule has 0 spiro atoms. The molecule has 0 atom stereocenters. The van der Waals surface area contributed by atoms with E-state index in [9.17, 15) is 19.2 Å². The van der Waals surface area contributed by atoms with Gasteiger partial charge in [0, 0.05) is 13.1 Å². The van der Waals surface area contributed by atoms with Crippen molar-refractivity contribution in [2.45, 2.75) is 12.8 Å². The second kappa shape index (κ2) is 27.6. The second-order valence-corrected chi connectivity index (χ2v) is 7.45. The minimum Gasteiger partial charge on any atom is -0.481 e. The zero-order valence-corrected chi connectivity index (χ0v) is 22.2. The Labute approximate surface area is 223 Å². The molecular weight excluding hydrogens is 510 g/mol. The molecule has 0 rings (SSSR count). The number of carboxylic acid groups (broad SMARTS) is 1. The lowest BCUT2D eigenvalue weighted by molar-refractivity contribution is -0.142. The molecular formula is C23H43N3O12. The molecule has 0 fully saturated rings. The third-order valence-electron chi connectivity index (χ3n) is 4.33. The molecule has 0 saturated carbocycles. The van der Waals surface area contributed by atoms with E-state index in [0.717, 1.165) is 0 Å². The molecule has 0 aromatic heterocycles. The standard InChI is InChI=1S/C23H43N3O12/c1-32-23(31)3-7-34-11-15-38-17-13-36-9-5-26-21(28)19-24-18-20(27)25-4-8-35-12-16-37-14-10-33-6-2-22(29)30/h24H,2-19H2,1H3,(H,25,27)(H,26,28)(H,29,30). The number of carboxylic acids is 1. The lowest BCUT2D eigenvalue weighted by atomic mass is 10.5. The van der Waals surface area contributed by atoms with Gasteiger partial charge in [-0.1, -0.05) is 0 Å². The van der Waals surface area contributed by atoms with Crippen LogP contribution in [0.4, 0.5) is 0 Å². The number of rotatable bonds is 28. The molecule has 0 aromatic rings. The van der Waals surface area contributed by atoms with Crippen molar-refractivity contribution >= 4 is 23.8 Å². The van der Waals surface area contributed by atoms with Crippen molar-refractivity contribution in [1.29, 1.82) is 0 Å². The van der Waals surface area contributed by atoms with Gasteiger partial charge in [-0.25, -0.2) is 0 Å². The van der Waals surface area contributed by atoms with Crippen molar-refractivity contribution in [3.8, 4) is 0 Å². The fraction of sp³-hybridized carbons (Fsp3) is 0.826. The molecule has 0 radical (unpaired) electrons. The molecule has 0 aliphatic carbocycles. The number of hydrogen-bond acceptors (Lipinski definition) is 12. The maximum absolute atomic E-state index is 11.7. The predicted molar refractivity (Wildman–Crippen MR) is 133 cm³/mol. The number of nitrogens with one attached hydrogen (secondary N) is 3. The lowest BCUT2D eigenvalue weighted by Crippen LogP contribution is -2.41. The normalized spacial score (nSPS) is 10.8. The number of methoxy groups -OCH3 is 1. The van der Waals surface area contributed by atoms with Crippen LogP contribution in [0, 0.1) is 0 Å². The fourth-order valence-electron chi connectivity index (χ4n) is 2.44. The number of hydrogen-bond donors (Lipinski definition) is 4. The van der Waals surface area contributed by atoms with Crippen LogP contribution in [0.25, 0.3) is 0 Å². The third-order valence-corrected chi connectivity index (χ3v) is 4.33. The highest BCUT2D eigenvalue weighted by Crippen LogP contribution is 1.87. The fourth-order valence-corrected chi connectivity index (χ4v) is 2.44. The summed E-state index contributed by atoms with van der Waals surface area (Å²) >= 11 is 0. The van der Waals surface area contributed by atoms with Gasteiger partial charge in [0.05, 0.1) is 112 Å². The van der Waals surface area contributed by atoms with E-state index in [1.54, 1.807) is 0 Å². The molecule has 38 heavy (non-hydrogen) atoms. The Bertz CT molecular complexity index is 624. The quantitative estimate of drug-likeness (QED) is 0.0612. The lowest BCUT2D eigenvalue weighted by Gasteiger charge is -2.09. The van der Waals surface area contributed by atoms with Crippen LogP contribution in [0.15, 0.2) is 0 Å². The minimum atomic E-state index is -0.903. The first kappa shape index (κ1) is 35.6. The number of ether oxygens (including phenoxy) is 7. The Kier molecular flexibility index (Phi) is 25.9. The van der Waals surface area contributed by atoms with E-state index in [1.165, 1.54) is 7.11 Å². The average Bonchev–Trinajstić information content (AvgIpc) is 2.89. The highest BCUT2D eigenvalue weighted by atomic mass is 16.6. The van der Waals surface area contributed by atoms with E-state index in [2.05, 4.69) is 20.7 Å². The molecule has 4 N–H and O–H groups in total. The van der Waals surface area contributed by atoms with E-state index in [-0.39, 0.29) is 56.9 Å². The van der Waals surface area contributed by atoms with Crippen molar-refractivity contribution in [2.75, 3.05) is 113 Å². The summed E-state index contributed by atoms with van der Waals surface area (Å²) in [5.41, 5.74) is 0. The van der Waals surface area contributed by atoms with Gasteiger partial charge in [0.25, 0.3) is 0 Å². The summed E-state index contributed by atoms with van der Waals surface area (Å²) < 4.78 is 36.0. The van der Waals surface area contributed by atoms with Crippen LogP contribution in [0.1, 0.15) is 12.8 Å². The summed E-state index contributed by atoms with van der Waals surface area (Å²) in [6.07, 6.45) is 0.173. The van der Waals surface area contributed by atoms with Crippen LogP contribution in [0.5, 0.6) is 0 Å². The maximum Gasteiger partial charge on any atom is 0.307 e. The van der Waals surface area contributed by atoms with Crippen molar-refractivity contribution in [2.24, 2.45) is 0 Å². The predicted octanol–water partition coefficient (Wildman–Crippen LogP) is -2.05. The monoisotopic (exact) mass is 553 g/mol. The number of carbonyl (C=O) groups is 4. The highest BCUT2D eigenvalue weighted by Gasteiger charge is 2.04. The first-order chi connectivity index (χ1) is 18.5. The van der Waals surface area contributed by atoms with Gasteiger partial charge < -0.3 is 48.9 Å². The Morgan fingerprint density at radius 2 is 0.921 bits per heavy atom. The van der Waals surface area contributed by atoms with E-state index >= 15 is 0 Å².